The zero-order valence-corrected chi connectivity index (χ0v) is 6.92. The lowest BCUT2D eigenvalue weighted by molar-refractivity contribution is 0.0597. The van der Waals surface area contributed by atoms with Crippen LogP contribution in [-0.2, 0) is 4.74 Å². The summed E-state index contributed by atoms with van der Waals surface area (Å²) in [5.41, 5.74) is 0. The third-order valence-corrected chi connectivity index (χ3v) is 1.39. The second kappa shape index (κ2) is 5.38. The summed E-state index contributed by atoms with van der Waals surface area (Å²) in [4.78, 5) is 3.84. The minimum atomic E-state index is 0.00231. The van der Waals surface area contributed by atoms with Gasteiger partial charge in [-0.25, -0.2) is 0 Å². The summed E-state index contributed by atoms with van der Waals surface area (Å²) < 4.78 is 5.10. The molecule has 0 radical (unpaired) electrons. The maximum absolute atomic E-state index is 5.10. The van der Waals surface area contributed by atoms with Crippen molar-refractivity contribution in [3.05, 3.63) is 0 Å². The molecule has 0 rings (SSSR count). The number of likely N-dealkylation sites (N-methyl/N-ethyl adjacent to an activating group) is 1. The number of methoxy groups -OCH3 is 1. The maximum Gasteiger partial charge on any atom is 0.130 e. The van der Waals surface area contributed by atoms with Gasteiger partial charge in [0.05, 0.1) is 6.04 Å². The van der Waals surface area contributed by atoms with Crippen molar-refractivity contribution in [1.29, 1.82) is 0 Å². The molecule has 0 aliphatic carbocycles. The highest BCUT2D eigenvalue weighted by atomic mass is 16.5. The first-order valence-corrected chi connectivity index (χ1v) is 3.48. The average Bonchev–Trinajstić information content (AvgIpc) is 1.99. The molecule has 10 heavy (non-hydrogen) atoms. The molecule has 0 aromatic rings. The van der Waals surface area contributed by atoms with Gasteiger partial charge in [0.15, 0.2) is 0 Å². The molecule has 0 saturated carbocycles. The van der Waals surface area contributed by atoms with Crippen LogP contribution in [0.2, 0.25) is 0 Å². The molecule has 0 aromatic heterocycles. The van der Waals surface area contributed by atoms with E-state index in [0.29, 0.717) is 0 Å². The quantitative estimate of drug-likeness (QED) is 0.454. The summed E-state index contributed by atoms with van der Waals surface area (Å²) in [6, 6.07) is 0.116. The molecule has 0 spiro atoms. The van der Waals surface area contributed by atoms with Crippen molar-refractivity contribution >= 4 is 6.72 Å². The van der Waals surface area contributed by atoms with Crippen molar-refractivity contribution in [3.8, 4) is 0 Å². The molecule has 0 heterocycles. The Bertz CT molecular complexity index is 95.6. The number of nitrogens with one attached hydrogen (secondary N) is 1. The Morgan fingerprint density at radius 3 is 2.60 bits per heavy atom. The van der Waals surface area contributed by atoms with E-state index in [-0.39, 0.29) is 12.3 Å². The topological polar surface area (TPSA) is 33.6 Å². The van der Waals surface area contributed by atoms with E-state index in [2.05, 4.69) is 17.0 Å². The van der Waals surface area contributed by atoms with Crippen LogP contribution in [0.5, 0.6) is 0 Å². The van der Waals surface area contributed by atoms with Gasteiger partial charge < -0.3 is 4.74 Å². The second-order valence-electron chi connectivity index (χ2n) is 2.14. The van der Waals surface area contributed by atoms with Gasteiger partial charge in [0, 0.05) is 7.11 Å². The third-order valence-electron chi connectivity index (χ3n) is 1.39. The SMILES string of the molecule is C=NC(C)C(NCC)OC. The van der Waals surface area contributed by atoms with Crippen LogP contribution < -0.4 is 5.32 Å². The van der Waals surface area contributed by atoms with Crippen LogP contribution in [0.25, 0.3) is 0 Å². The summed E-state index contributed by atoms with van der Waals surface area (Å²) in [5.74, 6) is 0. The zero-order chi connectivity index (χ0) is 7.98. The highest BCUT2D eigenvalue weighted by Gasteiger charge is 2.11. The van der Waals surface area contributed by atoms with Crippen molar-refractivity contribution < 1.29 is 4.74 Å². The first-order chi connectivity index (χ1) is 4.76. The number of nitrogens with zero attached hydrogens (tertiary/aromatic N) is 1. The number of aliphatic imine (C=N–C) groups is 1. The molecule has 2 atom stereocenters. The Morgan fingerprint density at radius 2 is 2.30 bits per heavy atom. The van der Waals surface area contributed by atoms with Crippen LogP contribution in [0.1, 0.15) is 13.8 Å². The first kappa shape index (κ1) is 9.59. The van der Waals surface area contributed by atoms with Gasteiger partial charge in [0.25, 0.3) is 0 Å². The summed E-state index contributed by atoms with van der Waals surface area (Å²) in [7, 11) is 1.66. The van der Waals surface area contributed by atoms with E-state index >= 15 is 0 Å². The molecule has 3 heteroatoms. The second-order valence-corrected chi connectivity index (χ2v) is 2.14. The zero-order valence-electron chi connectivity index (χ0n) is 6.92. The van der Waals surface area contributed by atoms with Crippen LogP contribution in [0.4, 0.5) is 0 Å². The molecular weight excluding hydrogens is 128 g/mol. The van der Waals surface area contributed by atoms with E-state index < -0.39 is 0 Å². The molecule has 1 N–H and O–H groups in total. The Morgan fingerprint density at radius 1 is 1.70 bits per heavy atom. The molecule has 0 bridgehead atoms. The number of hydrogen-bond donors (Lipinski definition) is 1. The van der Waals surface area contributed by atoms with Crippen LogP contribution in [-0.4, -0.2) is 32.6 Å². The van der Waals surface area contributed by atoms with E-state index in [1.807, 2.05) is 13.8 Å². The highest BCUT2D eigenvalue weighted by molar-refractivity contribution is 5.24. The number of ether oxygens (including phenoxy) is 1. The lowest BCUT2D eigenvalue weighted by Crippen LogP contribution is -2.38. The largest absolute Gasteiger partial charge is 0.364 e. The monoisotopic (exact) mass is 144 g/mol. The lowest BCUT2D eigenvalue weighted by Gasteiger charge is -2.19. The van der Waals surface area contributed by atoms with Crippen LogP contribution in [0.15, 0.2) is 4.99 Å². The Balaban J connectivity index is 3.67. The van der Waals surface area contributed by atoms with Crippen LogP contribution in [0.3, 0.4) is 0 Å². The van der Waals surface area contributed by atoms with Crippen LogP contribution in [0, 0.1) is 0 Å². The van der Waals surface area contributed by atoms with Gasteiger partial charge in [-0.2, -0.15) is 0 Å². The molecule has 0 saturated heterocycles. The maximum atomic E-state index is 5.10. The summed E-state index contributed by atoms with van der Waals surface area (Å²) in [5, 5.41) is 3.13. The summed E-state index contributed by atoms with van der Waals surface area (Å²) in [6.07, 6.45) is 0.00231. The fraction of sp³-hybridized carbons (Fsp3) is 0.857. The van der Waals surface area contributed by atoms with E-state index in [1.54, 1.807) is 7.11 Å². The molecule has 0 aliphatic rings. The lowest BCUT2D eigenvalue weighted by atomic mass is 10.3. The minimum absolute atomic E-state index is 0.00231. The fourth-order valence-electron chi connectivity index (χ4n) is 0.748. The van der Waals surface area contributed by atoms with Gasteiger partial charge >= 0.3 is 0 Å². The van der Waals surface area contributed by atoms with E-state index in [9.17, 15) is 0 Å². The summed E-state index contributed by atoms with van der Waals surface area (Å²) in [6.45, 7) is 8.32. The van der Waals surface area contributed by atoms with E-state index in [0.717, 1.165) is 6.54 Å². The molecule has 0 amide bonds. The Hall–Kier alpha value is -0.410. The molecule has 0 aliphatic heterocycles. The molecule has 3 nitrogen and oxygen atoms in total. The van der Waals surface area contributed by atoms with Crippen LogP contribution >= 0.6 is 0 Å². The average molecular weight is 144 g/mol. The van der Waals surface area contributed by atoms with Crippen molar-refractivity contribution in [3.63, 3.8) is 0 Å². The Kier molecular flexibility index (Phi) is 5.16. The fourth-order valence-corrected chi connectivity index (χ4v) is 0.748. The van der Waals surface area contributed by atoms with Gasteiger partial charge in [-0.15, -0.1) is 0 Å². The van der Waals surface area contributed by atoms with E-state index in [1.165, 1.54) is 0 Å². The van der Waals surface area contributed by atoms with Gasteiger partial charge in [0.2, 0.25) is 0 Å². The van der Waals surface area contributed by atoms with Gasteiger partial charge in [-0.05, 0) is 20.2 Å². The van der Waals surface area contributed by atoms with Gasteiger partial charge in [-0.3, -0.25) is 10.3 Å². The van der Waals surface area contributed by atoms with Gasteiger partial charge in [0.1, 0.15) is 6.23 Å². The predicted molar refractivity (Wildman–Crippen MR) is 43.5 cm³/mol. The first-order valence-electron chi connectivity index (χ1n) is 3.48. The molecule has 2 unspecified atom stereocenters. The molecule has 0 fully saturated rings. The molecular formula is C7H16N2O. The predicted octanol–water partition coefficient (Wildman–Crippen LogP) is 0.657. The van der Waals surface area contributed by atoms with Crippen molar-refractivity contribution in [2.75, 3.05) is 13.7 Å². The van der Waals surface area contributed by atoms with E-state index in [4.69, 9.17) is 4.74 Å². The summed E-state index contributed by atoms with van der Waals surface area (Å²) >= 11 is 0. The van der Waals surface area contributed by atoms with Crippen molar-refractivity contribution in [1.82, 2.24) is 5.32 Å². The normalized spacial score (nSPS) is 16.3. The minimum Gasteiger partial charge on any atom is -0.364 e. The Labute approximate surface area is 62.5 Å². The third kappa shape index (κ3) is 2.94. The standard InChI is InChI=1S/C7H16N2O/c1-5-9-7(10-4)6(2)8-3/h6-7,9H,3,5H2,1-2,4H3. The molecule has 0 aromatic carbocycles. The van der Waals surface area contributed by atoms with Gasteiger partial charge in [-0.1, -0.05) is 6.92 Å². The number of rotatable bonds is 5. The van der Waals surface area contributed by atoms with Crippen molar-refractivity contribution in [2.24, 2.45) is 4.99 Å². The molecule has 60 valence electrons. The smallest absolute Gasteiger partial charge is 0.130 e. The van der Waals surface area contributed by atoms with Crippen molar-refractivity contribution in [2.45, 2.75) is 26.1 Å². The highest BCUT2D eigenvalue weighted by Crippen LogP contribution is 1.96. The number of hydrogen-bond acceptors (Lipinski definition) is 3.